The Morgan fingerprint density at radius 1 is 1.47 bits per heavy atom. The van der Waals surface area contributed by atoms with Crippen LogP contribution in [-0.4, -0.2) is 18.5 Å². The minimum absolute atomic E-state index is 0.00723. The lowest BCUT2D eigenvalue weighted by atomic mass is 10.0. The molecule has 2 N–H and O–H groups in total. The maximum absolute atomic E-state index is 12.0. The predicted molar refractivity (Wildman–Crippen MR) is 78.4 cm³/mol. The molecule has 1 aliphatic rings. The molecule has 1 aromatic carbocycles. The zero-order valence-corrected chi connectivity index (χ0v) is 12.2. The fraction of sp³-hybridized carbons (Fsp3) is 0.417. The van der Waals surface area contributed by atoms with Crippen LogP contribution in [0, 0.1) is 3.57 Å². The van der Waals surface area contributed by atoms with E-state index in [9.17, 15) is 4.79 Å². The molecular weight excluding hydrogens is 351 g/mol. The van der Waals surface area contributed by atoms with Gasteiger partial charge in [-0.15, -0.1) is 0 Å². The monoisotopic (exact) mass is 364 g/mol. The number of nitrogens with one attached hydrogen (secondary N) is 2. The van der Waals surface area contributed by atoms with E-state index in [0.29, 0.717) is 10.7 Å². The van der Waals surface area contributed by atoms with E-state index in [0.717, 1.165) is 29.4 Å². The first-order valence-corrected chi connectivity index (χ1v) is 7.12. The molecular formula is C12H14ClIN2O. The molecule has 1 heterocycles. The van der Waals surface area contributed by atoms with Crippen LogP contribution in [0.4, 0.5) is 5.69 Å². The summed E-state index contributed by atoms with van der Waals surface area (Å²) < 4.78 is 1.06. The second kappa shape index (κ2) is 6.02. The van der Waals surface area contributed by atoms with Crippen molar-refractivity contribution in [2.24, 2.45) is 0 Å². The molecule has 0 aliphatic carbocycles. The minimum Gasteiger partial charge on any atom is -0.323 e. The van der Waals surface area contributed by atoms with E-state index >= 15 is 0 Å². The number of anilines is 1. The van der Waals surface area contributed by atoms with E-state index in [-0.39, 0.29) is 11.9 Å². The van der Waals surface area contributed by atoms with Gasteiger partial charge in [0.1, 0.15) is 0 Å². The summed E-state index contributed by atoms with van der Waals surface area (Å²) in [6, 6.07) is 5.52. The zero-order valence-electron chi connectivity index (χ0n) is 9.30. The zero-order chi connectivity index (χ0) is 12.3. The van der Waals surface area contributed by atoms with Gasteiger partial charge in [0.25, 0.3) is 0 Å². The van der Waals surface area contributed by atoms with E-state index in [2.05, 4.69) is 33.2 Å². The Bertz CT molecular complexity index is 419. The summed E-state index contributed by atoms with van der Waals surface area (Å²) in [6.07, 6.45) is 3.15. The Morgan fingerprint density at radius 3 is 2.94 bits per heavy atom. The first kappa shape index (κ1) is 13.1. The Hall–Kier alpha value is -0.330. The summed E-state index contributed by atoms with van der Waals surface area (Å²) in [5.74, 6) is 0.00723. The highest BCUT2D eigenvalue weighted by Gasteiger charge is 2.20. The molecule has 5 heteroatoms. The highest BCUT2D eigenvalue weighted by Crippen LogP contribution is 2.24. The number of hydrogen-bond donors (Lipinski definition) is 2. The molecule has 1 aliphatic heterocycles. The van der Waals surface area contributed by atoms with Gasteiger partial charge in [-0.05, 0) is 60.2 Å². The number of halogens is 2. The Morgan fingerprint density at radius 2 is 2.29 bits per heavy atom. The van der Waals surface area contributed by atoms with Crippen LogP contribution in [-0.2, 0) is 4.79 Å². The van der Waals surface area contributed by atoms with Crippen molar-refractivity contribution in [2.45, 2.75) is 25.3 Å². The van der Waals surface area contributed by atoms with E-state index in [1.165, 1.54) is 0 Å². The lowest BCUT2D eigenvalue weighted by molar-refractivity contribution is -0.118. The molecule has 0 bridgehead atoms. The summed E-state index contributed by atoms with van der Waals surface area (Å²) in [4.78, 5) is 12.0. The molecule has 0 radical (unpaired) electrons. The first-order chi connectivity index (χ1) is 8.16. The largest absolute Gasteiger partial charge is 0.323 e. The number of amides is 1. The summed E-state index contributed by atoms with van der Waals surface area (Å²) >= 11 is 8.26. The van der Waals surface area contributed by atoms with Crippen LogP contribution < -0.4 is 10.6 Å². The highest BCUT2D eigenvalue weighted by molar-refractivity contribution is 14.1. The van der Waals surface area contributed by atoms with Gasteiger partial charge in [0.05, 0.1) is 16.8 Å². The van der Waals surface area contributed by atoms with Gasteiger partial charge in [0, 0.05) is 3.57 Å². The van der Waals surface area contributed by atoms with Crippen LogP contribution in [0.5, 0.6) is 0 Å². The van der Waals surface area contributed by atoms with Gasteiger partial charge >= 0.3 is 0 Å². The maximum Gasteiger partial charge on any atom is 0.241 e. The summed E-state index contributed by atoms with van der Waals surface area (Å²) in [6.45, 7) is 0.915. The van der Waals surface area contributed by atoms with Gasteiger partial charge in [-0.2, -0.15) is 0 Å². The third kappa shape index (κ3) is 3.56. The molecule has 3 nitrogen and oxygen atoms in total. The number of piperidine rings is 1. The van der Waals surface area contributed by atoms with Crippen molar-refractivity contribution in [1.29, 1.82) is 0 Å². The van der Waals surface area contributed by atoms with Crippen LogP contribution in [0.15, 0.2) is 18.2 Å². The van der Waals surface area contributed by atoms with Crippen LogP contribution in [0.25, 0.3) is 0 Å². The van der Waals surface area contributed by atoms with E-state index in [1.54, 1.807) is 0 Å². The molecule has 92 valence electrons. The SMILES string of the molecule is O=C(Nc1ccc(I)cc1Cl)C1CCCCN1. The summed E-state index contributed by atoms with van der Waals surface area (Å²) in [7, 11) is 0. The number of carbonyl (C=O) groups is 1. The number of benzene rings is 1. The number of carbonyl (C=O) groups excluding carboxylic acids is 1. The summed E-state index contributed by atoms with van der Waals surface area (Å²) in [5.41, 5.74) is 0.685. The van der Waals surface area contributed by atoms with Crippen molar-refractivity contribution >= 4 is 45.8 Å². The molecule has 1 amide bonds. The van der Waals surface area contributed by atoms with Gasteiger partial charge in [-0.1, -0.05) is 18.0 Å². The average Bonchev–Trinajstić information content (AvgIpc) is 2.34. The molecule has 0 saturated carbocycles. The minimum atomic E-state index is -0.0842. The molecule has 1 saturated heterocycles. The normalized spacial score (nSPS) is 20.0. The Balaban J connectivity index is 2.02. The van der Waals surface area contributed by atoms with Crippen LogP contribution in [0.3, 0.4) is 0 Å². The molecule has 1 fully saturated rings. The second-order valence-electron chi connectivity index (χ2n) is 4.12. The predicted octanol–water partition coefficient (Wildman–Crippen LogP) is 3.03. The van der Waals surface area contributed by atoms with Crippen LogP contribution >= 0.6 is 34.2 Å². The number of hydrogen-bond acceptors (Lipinski definition) is 2. The van der Waals surface area contributed by atoms with Crippen molar-refractivity contribution < 1.29 is 4.79 Å². The third-order valence-electron chi connectivity index (χ3n) is 2.82. The van der Waals surface area contributed by atoms with E-state index in [1.807, 2.05) is 18.2 Å². The highest BCUT2D eigenvalue weighted by atomic mass is 127. The molecule has 1 aromatic rings. The smallest absolute Gasteiger partial charge is 0.241 e. The van der Waals surface area contributed by atoms with Crippen LogP contribution in [0.1, 0.15) is 19.3 Å². The quantitative estimate of drug-likeness (QED) is 0.792. The molecule has 0 aromatic heterocycles. The van der Waals surface area contributed by atoms with Crippen molar-refractivity contribution in [3.63, 3.8) is 0 Å². The lowest BCUT2D eigenvalue weighted by Crippen LogP contribution is -2.43. The van der Waals surface area contributed by atoms with Crippen LogP contribution in [0.2, 0.25) is 5.02 Å². The molecule has 1 unspecified atom stereocenters. The first-order valence-electron chi connectivity index (χ1n) is 5.66. The van der Waals surface area contributed by atoms with Crippen molar-refractivity contribution in [3.05, 3.63) is 26.8 Å². The van der Waals surface area contributed by atoms with Gasteiger partial charge in [-0.3, -0.25) is 4.79 Å². The Kier molecular flexibility index (Phi) is 4.64. The fourth-order valence-corrected chi connectivity index (χ4v) is 2.79. The van der Waals surface area contributed by atoms with Crippen molar-refractivity contribution in [2.75, 3.05) is 11.9 Å². The van der Waals surface area contributed by atoms with Gasteiger partial charge in [0.2, 0.25) is 5.91 Å². The number of rotatable bonds is 2. The summed E-state index contributed by atoms with van der Waals surface area (Å²) in [5, 5.41) is 6.67. The van der Waals surface area contributed by atoms with Crippen molar-refractivity contribution in [1.82, 2.24) is 5.32 Å². The van der Waals surface area contributed by atoms with Gasteiger partial charge in [0.15, 0.2) is 0 Å². The van der Waals surface area contributed by atoms with Gasteiger partial charge in [-0.25, -0.2) is 0 Å². The average molecular weight is 365 g/mol. The lowest BCUT2D eigenvalue weighted by Gasteiger charge is -2.22. The third-order valence-corrected chi connectivity index (χ3v) is 3.80. The molecule has 1 atom stereocenters. The van der Waals surface area contributed by atoms with E-state index in [4.69, 9.17) is 11.6 Å². The van der Waals surface area contributed by atoms with E-state index < -0.39 is 0 Å². The fourth-order valence-electron chi connectivity index (χ4n) is 1.89. The standard InChI is InChI=1S/C12H14ClIN2O/c13-9-7-8(14)4-5-10(9)16-12(17)11-3-1-2-6-15-11/h4-5,7,11,15H,1-3,6H2,(H,16,17). The molecule has 17 heavy (non-hydrogen) atoms. The Labute approximate surface area is 119 Å². The molecule has 0 spiro atoms. The van der Waals surface area contributed by atoms with Gasteiger partial charge < -0.3 is 10.6 Å². The maximum atomic E-state index is 12.0. The second-order valence-corrected chi connectivity index (χ2v) is 5.77. The molecule has 2 rings (SSSR count). The topological polar surface area (TPSA) is 41.1 Å². The van der Waals surface area contributed by atoms with Crippen molar-refractivity contribution in [3.8, 4) is 0 Å².